The third-order valence-corrected chi connectivity index (χ3v) is 11.6. The number of carbonyl (C=O) groups excluding carboxylic acids is 1. The molecule has 2 bridgehead atoms. The molecule has 306 valence electrons. The molecule has 8 rings (SSSR count). The van der Waals surface area contributed by atoms with Crippen LogP contribution in [0.3, 0.4) is 0 Å². The van der Waals surface area contributed by atoms with Crippen molar-refractivity contribution in [1.82, 2.24) is 25.3 Å². The molecule has 3 atom stereocenters. The first-order chi connectivity index (χ1) is 28.6. The highest BCUT2D eigenvalue weighted by Crippen LogP contribution is 2.42. The predicted octanol–water partition coefficient (Wildman–Crippen LogP) is 6.08. The number of hydrogen-bond donors (Lipinski definition) is 5. The number of aromatic carboxylic acids is 1. The molecule has 2 fully saturated rings. The van der Waals surface area contributed by atoms with Gasteiger partial charge >= 0.3 is 5.97 Å². The van der Waals surface area contributed by atoms with E-state index in [0.717, 1.165) is 23.7 Å². The molecule has 1 unspecified atom stereocenters. The number of benzene rings is 4. The average Bonchev–Trinajstić information content (AvgIpc) is 3.58. The number of anilines is 1. The largest absolute Gasteiger partial charge is 0.508 e. The van der Waals surface area contributed by atoms with E-state index in [1.165, 1.54) is 49.6 Å². The van der Waals surface area contributed by atoms with Crippen molar-refractivity contribution in [2.45, 2.75) is 56.8 Å². The van der Waals surface area contributed by atoms with E-state index in [9.17, 15) is 24.6 Å². The van der Waals surface area contributed by atoms with Gasteiger partial charge in [-0.05, 0) is 93.0 Å². The quantitative estimate of drug-likeness (QED) is 0.0485. The molecule has 5 N–H and O–H groups in total. The summed E-state index contributed by atoms with van der Waals surface area (Å²) in [5.41, 5.74) is 3.36. The van der Waals surface area contributed by atoms with Crippen LogP contribution < -0.4 is 21.4 Å². The summed E-state index contributed by atoms with van der Waals surface area (Å²) in [7, 11) is 2.21. The highest BCUT2D eigenvalue weighted by molar-refractivity contribution is 7.80. The average molecular weight is 819 g/mol. The van der Waals surface area contributed by atoms with Crippen LogP contribution >= 0.6 is 12.2 Å². The van der Waals surface area contributed by atoms with Gasteiger partial charge in [0.25, 0.3) is 5.91 Å². The minimum Gasteiger partial charge on any atom is -0.508 e. The maximum atomic E-state index is 13.5. The Morgan fingerprint density at radius 2 is 1.68 bits per heavy atom. The van der Waals surface area contributed by atoms with Crippen LogP contribution in [0.4, 0.5) is 5.69 Å². The minimum atomic E-state index is -1.16. The first kappa shape index (κ1) is 39.9. The maximum absolute atomic E-state index is 13.5. The molecular weight excluding hydrogens is 773 g/mol. The van der Waals surface area contributed by atoms with Crippen LogP contribution in [0.5, 0.6) is 5.75 Å². The van der Waals surface area contributed by atoms with Gasteiger partial charge in [0, 0.05) is 64.4 Å². The molecule has 3 aliphatic heterocycles. The predicted molar refractivity (Wildman–Crippen MR) is 228 cm³/mol. The Morgan fingerprint density at radius 1 is 0.915 bits per heavy atom. The molecule has 1 aromatic heterocycles. The van der Waals surface area contributed by atoms with Crippen molar-refractivity contribution in [2.75, 3.05) is 45.3 Å². The van der Waals surface area contributed by atoms with Gasteiger partial charge in [-0.2, -0.15) is 5.10 Å². The summed E-state index contributed by atoms with van der Waals surface area (Å²) in [6.07, 6.45) is 5.59. The number of carboxylic acid groups (broad SMARTS) is 1. The number of nitrogens with one attached hydrogen (secondary N) is 3. The smallest absolute Gasteiger partial charge is 0.336 e. The van der Waals surface area contributed by atoms with E-state index in [2.05, 4.69) is 27.9 Å². The van der Waals surface area contributed by atoms with Crippen LogP contribution in [-0.4, -0.2) is 100 Å². The number of thiocarbonyl (C=S) groups is 1. The van der Waals surface area contributed by atoms with Gasteiger partial charge in [0.05, 0.1) is 44.1 Å². The van der Waals surface area contributed by atoms with Gasteiger partial charge in [-0.15, -0.1) is 0 Å². The third kappa shape index (κ3) is 8.78. The Hall–Kier alpha value is -5.87. The molecule has 0 radical (unpaired) electrons. The van der Waals surface area contributed by atoms with E-state index >= 15 is 0 Å². The molecule has 0 spiro atoms. The van der Waals surface area contributed by atoms with Crippen molar-refractivity contribution in [3.63, 3.8) is 0 Å². The van der Waals surface area contributed by atoms with Gasteiger partial charge in [0.2, 0.25) is 0 Å². The Bertz CT molecular complexity index is 2540. The number of amides is 1. The zero-order valence-electron chi connectivity index (χ0n) is 32.6. The molecule has 3 aromatic carbocycles. The number of nitrogens with zero attached hydrogens (tertiary/aromatic N) is 3. The second-order valence-electron chi connectivity index (χ2n) is 15.1. The fraction of sp³-hybridized carbons (Fsp3) is 0.341. The molecule has 4 heterocycles. The molecule has 59 heavy (non-hydrogen) atoms. The van der Waals surface area contributed by atoms with Crippen LogP contribution in [0, 0.1) is 0 Å². The topological polar surface area (TPSA) is 180 Å². The number of aromatic hydroxyl groups is 1. The number of para-hydroxylation sites is 1. The molecule has 4 aliphatic rings. The summed E-state index contributed by atoms with van der Waals surface area (Å²) >= 11 is 5.47. The minimum absolute atomic E-state index is 0.00522. The Morgan fingerprint density at radius 3 is 2.47 bits per heavy atom. The van der Waals surface area contributed by atoms with E-state index in [-0.39, 0.29) is 39.6 Å². The standard InChI is InChI=1S/C44H46N6O8S/c1-49-28-5-4-6-29(49)22-27(21-28)46-42(53)41-33-7-2-3-8-37(33)50(48-41)16-18-57-20-19-56-17-15-45-44(59)47-26-9-12-32(36(23-26)43(54)55)40-34-13-10-30(51)24-38(34)58-39-25-31(52)11-14-35(39)40/h2-3,7-14,23-25,27-29,51H,4-6,15-22H2,1H3,(H,46,53)(H,54,55)(H2,45,47,59)/t27?,28-,29+. The van der Waals surface area contributed by atoms with Crippen LogP contribution in [-0.2, 0) is 16.0 Å². The number of phenols is 1. The lowest BCUT2D eigenvalue weighted by Gasteiger charge is -2.47. The third-order valence-electron chi connectivity index (χ3n) is 11.4. The van der Waals surface area contributed by atoms with Crippen LogP contribution in [0.1, 0.15) is 53.0 Å². The summed E-state index contributed by atoms with van der Waals surface area (Å²) in [6.45, 7) is 2.37. The summed E-state index contributed by atoms with van der Waals surface area (Å²) in [5.74, 6) is -1.04. The number of ether oxygens (including phenoxy) is 2. The van der Waals surface area contributed by atoms with Crippen molar-refractivity contribution in [3.05, 3.63) is 100 Å². The van der Waals surface area contributed by atoms with E-state index in [0.29, 0.717) is 90.6 Å². The van der Waals surface area contributed by atoms with Gasteiger partial charge in [0.1, 0.15) is 17.1 Å². The fourth-order valence-corrected chi connectivity index (χ4v) is 8.72. The summed E-state index contributed by atoms with van der Waals surface area (Å²) < 4.78 is 19.3. The van der Waals surface area contributed by atoms with Crippen molar-refractivity contribution >= 4 is 56.8 Å². The maximum Gasteiger partial charge on any atom is 0.336 e. The number of aromatic nitrogens is 2. The van der Waals surface area contributed by atoms with Crippen molar-refractivity contribution in [3.8, 4) is 28.2 Å². The van der Waals surface area contributed by atoms with Gasteiger partial charge < -0.3 is 45.0 Å². The highest BCUT2D eigenvalue weighted by atomic mass is 32.1. The molecule has 1 aliphatic carbocycles. The van der Waals surface area contributed by atoms with E-state index < -0.39 is 5.97 Å². The zero-order chi connectivity index (χ0) is 41.0. The number of fused-ring (bicyclic) bond motifs is 5. The number of rotatable bonds is 14. The lowest BCUT2D eigenvalue weighted by atomic mass is 9.82. The van der Waals surface area contributed by atoms with Crippen LogP contribution in [0.15, 0.2) is 88.1 Å². The van der Waals surface area contributed by atoms with Gasteiger partial charge in [-0.1, -0.05) is 30.7 Å². The summed E-state index contributed by atoms with van der Waals surface area (Å²) in [4.78, 5) is 40.6. The molecular formula is C44H46N6O8S. The fourth-order valence-electron chi connectivity index (χ4n) is 8.50. The number of phenolic OH excluding ortho intramolecular Hbond substituents is 1. The first-order valence-corrected chi connectivity index (χ1v) is 20.3. The normalized spacial score (nSPS) is 17.9. The molecule has 4 aromatic rings. The van der Waals surface area contributed by atoms with Crippen molar-refractivity contribution in [2.24, 2.45) is 0 Å². The Balaban J connectivity index is 0.795. The second kappa shape index (κ2) is 17.5. The van der Waals surface area contributed by atoms with Gasteiger partial charge in [-0.3, -0.25) is 14.3 Å². The van der Waals surface area contributed by atoms with E-state index in [1.54, 1.807) is 24.3 Å². The van der Waals surface area contributed by atoms with Crippen LogP contribution in [0.25, 0.3) is 44.3 Å². The molecule has 15 heteroatoms. The zero-order valence-corrected chi connectivity index (χ0v) is 33.4. The summed E-state index contributed by atoms with van der Waals surface area (Å²) in [6, 6.07) is 22.8. The molecule has 1 amide bonds. The van der Waals surface area contributed by atoms with Gasteiger partial charge in [0.15, 0.2) is 16.2 Å². The van der Waals surface area contributed by atoms with Crippen molar-refractivity contribution < 1.29 is 33.7 Å². The van der Waals surface area contributed by atoms with Gasteiger partial charge in [-0.25, -0.2) is 4.79 Å². The summed E-state index contributed by atoms with van der Waals surface area (Å²) in [5, 5.41) is 36.1. The number of carbonyl (C=O) groups is 2. The highest BCUT2D eigenvalue weighted by Gasteiger charge is 2.37. The number of piperidine rings is 2. The lowest BCUT2D eigenvalue weighted by molar-refractivity contribution is 0.0455. The Labute approximate surface area is 345 Å². The molecule has 0 saturated carbocycles. The van der Waals surface area contributed by atoms with Crippen molar-refractivity contribution in [1.29, 1.82) is 0 Å². The monoisotopic (exact) mass is 818 g/mol. The van der Waals surface area contributed by atoms with Crippen LogP contribution in [0.2, 0.25) is 0 Å². The van der Waals surface area contributed by atoms with E-state index in [1.807, 2.05) is 28.9 Å². The number of hydrogen-bond acceptors (Lipinski definition) is 10. The molecule has 2 saturated heterocycles. The molecule has 14 nitrogen and oxygen atoms in total. The first-order valence-electron chi connectivity index (χ1n) is 19.9. The number of carboxylic acids is 1. The SMILES string of the molecule is CN1[C@@H]2CCC[C@H]1CC(NC(=O)c1nn(CCOCCOCCNC(=S)Nc3ccc(-c4c5ccc(=O)cc-5oc5cc(O)ccc45)c(C(=O)O)c3)c3ccccc13)C2. The lowest BCUT2D eigenvalue weighted by Crippen LogP contribution is -2.55. The second-order valence-corrected chi connectivity index (χ2v) is 15.5. The van der Waals surface area contributed by atoms with E-state index in [4.69, 9.17) is 31.2 Å². The Kier molecular flexibility index (Phi) is 11.9.